The minimum atomic E-state index is -4.02. The number of halogens is 3. The molecular formula is C21H20BrClFN3O5S. The van der Waals surface area contributed by atoms with Crippen molar-refractivity contribution in [3.63, 3.8) is 0 Å². The molecule has 2 aromatic rings. The first-order valence-corrected chi connectivity index (χ1v) is 12.7. The van der Waals surface area contributed by atoms with E-state index >= 15 is 0 Å². The zero-order valence-electron chi connectivity index (χ0n) is 17.4. The highest BCUT2D eigenvalue weighted by Gasteiger charge is 2.57. The maximum atomic E-state index is 14.8. The highest BCUT2D eigenvalue weighted by molar-refractivity contribution is 9.10. The van der Waals surface area contributed by atoms with Gasteiger partial charge in [-0.15, -0.1) is 0 Å². The lowest BCUT2D eigenvalue weighted by Crippen LogP contribution is -2.67. The Morgan fingerprint density at radius 2 is 1.97 bits per heavy atom. The zero-order chi connectivity index (χ0) is 24.1. The Morgan fingerprint density at radius 3 is 2.55 bits per heavy atom. The Hall–Kier alpha value is -2.08. The molecule has 0 saturated carbocycles. The van der Waals surface area contributed by atoms with Gasteiger partial charge < -0.3 is 14.9 Å². The average molecular weight is 561 g/mol. The first-order chi connectivity index (χ1) is 15.5. The second-order valence-electron chi connectivity index (χ2n) is 8.38. The number of carboxylic acid groups (broad SMARTS) is 1. The molecule has 2 unspecified atom stereocenters. The zero-order valence-corrected chi connectivity index (χ0v) is 20.6. The van der Waals surface area contributed by atoms with E-state index in [1.165, 1.54) is 30.5 Å². The van der Waals surface area contributed by atoms with E-state index in [0.717, 1.165) is 4.90 Å². The van der Waals surface area contributed by atoms with E-state index < -0.39 is 44.2 Å². The van der Waals surface area contributed by atoms with Gasteiger partial charge in [0.2, 0.25) is 5.91 Å². The molecule has 1 aromatic heterocycles. The molecule has 12 heteroatoms. The maximum absolute atomic E-state index is 14.8. The fourth-order valence-electron chi connectivity index (χ4n) is 4.64. The van der Waals surface area contributed by atoms with Crippen LogP contribution >= 0.6 is 27.5 Å². The molecule has 2 saturated heterocycles. The van der Waals surface area contributed by atoms with E-state index in [2.05, 4.69) is 20.9 Å². The lowest BCUT2D eigenvalue weighted by Gasteiger charge is -2.48. The molecule has 33 heavy (non-hydrogen) atoms. The van der Waals surface area contributed by atoms with E-state index in [-0.39, 0.29) is 41.7 Å². The monoisotopic (exact) mass is 559 g/mol. The van der Waals surface area contributed by atoms with Crippen molar-refractivity contribution in [2.45, 2.75) is 28.0 Å². The standard InChI is InChI=1S/C21H20BrClFN3O5S/c1-26-10-21(11-26,18-15(24)6-12(22)8-25-18)20(30)27-9-13(7-16(27)19(28)29)33(31,32)17-5-3-2-4-14(17)23/h2-6,8,13,16H,7,9-11H2,1H3,(H,28,29). The van der Waals surface area contributed by atoms with E-state index in [4.69, 9.17) is 11.6 Å². The number of aromatic nitrogens is 1. The summed E-state index contributed by atoms with van der Waals surface area (Å²) in [5.74, 6) is -2.68. The first kappa shape index (κ1) is 24.1. The topological polar surface area (TPSA) is 108 Å². The van der Waals surface area contributed by atoms with Crippen molar-refractivity contribution >= 4 is 49.2 Å². The van der Waals surface area contributed by atoms with E-state index in [1.54, 1.807) is 18.0 Å². The summed E-state index contributed by atoms with van der Waals surface area (Å²) in [6, 6.07) is 5.71. The number of pyridine rings is 1. The van der Waals surface area contributed by atoms with Crippen LogP contribution in [0.4, 0.5) is 4.39 Å². The summed E-state index contributed by atoms with van der Waals surface area (Å²) in [4.78, 5) is 32.6. The van der Waals surface area contributed by atoms with Crippen molar-refractivity contribution in [2.24, 2.45) is 0 Å². The first-order valence-electron chi connectivity index (χ1n) is 10.00. The molecule has 2 fully saturated rings. The predicted octanol–water partition coefficient (Wildman–Crippen LogP) is 2.35. The molecule has 0 radical (unpaired) electrons. The van der Waals surface area contributed by atoms with Crippen LogP contribution in [0.15, 0.2) is 45.9 Å². The van der Waals surface area contributed by atoms with Crippen LogP contribution in [0.5, 0.6) is 0 Å². The summed E-state index contributed by atoms with van der Waals surface area (Å²) in [5.41, 5.74) is -1.49. The third kappa shape index (κ3) is 4.05. The van der Waals surface area contributed by atoms with Crippen molar-refractivity contribution in [3.05, 3.63) is 57.5 Å². The van der Waals surface area contributed by atoms with Crippen LogP contribution in [0.1, 0.15) is 12.1 Å². The number of sulfone groups is 1. The molecule has 1 aromatic carbocycles. The summed E-state index contributed by atoms with van der Waals surface area (Å²) in [6.45, 7) is -0.0860. The molecule has 1 N–H and O–H groups in total. The molecule has 1 amide bonds. The molecule has 4 rings (SSSR count). The van der Waals surface area contributed by atoms with Crippen molar-refractivity contribution < 1.29 is 27.5 Å². The number of carboxylic acids is 1. The molecule has 0 spiro atoms. The van der Waals surface area contributed by atoms with Gasteiger partial charge in [0, 0.05) is 30.3 Å². The number of carbonyl (C=O) groups excluding carboxylic acids is 1. The molecule has 2 atom stereocenters. The highest BCUT2D eigenvalue weighted by atomic mass is 79.9. The third-order valence-corrected chi connectivity index (χ3v) is 9.20. The largest absolute Gasteiger partial charge is 0.480 e. The third-order valence-electron chi connectivity index (χ3n) is 6.14. The smallest absolute Gasteiger partial charge is 0.326 e. The molecule has 0 bridgehead atoms. The second-order valence-corrected chi connectivity index (χ2v) is 11.9. The number of likely N-dealkylation sites (tertiary alicyclic amines) is 2. The van der Waals surface area contributed by atoms with Crippen LogP contribution in [0, 0.1) is 5.82 Å². The van der Waals surface area contributed by atoms with Gasteiger partial charge in [-0.2, -0.15) is 0 Å². The summed E-state index contributed by atoms with van der Waals surface area (Å²) in [5, 5.41) is 8.64. The van der Waals surface area contributed by atoms with Gasteiger partial charge in [-0.05, 0) is 47.6 Å². The van der Waals surface area contributed by atoms with Gasteiger partial charge in [0.1, 0.15) is 17.3 Å². The molecule has 2 aliphatic rings. The summed E-state index contributed by atoms with van der Waals surface area (Å²) in [6.07, 6.45) is 1.08. The molecule has 176 valence electrons. The Labute approximate surface area is 203 Å². The van der Waals surface area contributed by atoms with Crippen molar-refractivity contribution in [3.8, 4) is 0 Å². The number of amides is 1. The van der Waals surface area contributed by atoms with Gasteiger partial charge in [-0.25, -0.2) is 17.6 Å². The van der Waals surface area contributed by atoms with Crippen LogP contribution in [0.3, 0.4) is 0 Å². The van der Waals surface area contributed by atoms with E-state index in [9.17, 15) is 27.5 Å². The number of carbonyl (C=O) groups is 2. The van der Waals surface area contributed by atoms with Gasteiger partial charge in [0.05, 0.1) is 20.9 Å². The minimum Gasteiger partial charge on any atom is -0.480 e. The molecule has 2 aliphatic heterocycles. The summed E-state index contributed by atoms with van der Waals surface area (Å²) >= 11 is 9.22. The van der Waals surface area contributed by atoms with Gasteiger partial charge in [0.25, 0.3) is 0 Å². The lowest BCUT2D eigenvalue weighted by atomic mass is 9.75. The van der Waals surface area contributed by atoms with Crippen molar-refractivity contribution in [1.29, 1.82) is 0 Å². The lowest BCUT2D eigenvalue weighted by molar-refractivity contribution is -0.154. The Kier molecular flexibility index (Phi) is 6.27. The van der Waals surface area contributed by atoms with Gasteiger partial charge in [-0.3, -0.25) is 9.78 Å². The van der Waals surface area contributed by atoms with Gasteiger partial charge >= 0.3 is 5.97 Å². The number of aliphatic carboxylic acids is 1. The fourth-order valence-corrected chi connectivity index (χ4v) is 7.16. The minimum absolute atomic E-state index is 0.0207. The van der Waals surface area contributed by atoms with Crippen LogP contribution in [-0.2, 0) is 24.8 Å². The predicted molar refractivity (Wildman–Crippen MR) is 121 cm³/mol. The number of benzene rings is 1. The Balaban J connectivity index is 1.71. The highest BCUT2D eigenvalue weighted by Crippen LogP contribution is 2.40. The molecule has 3 heterocycles. The number of likely N-dealkylation sites (N-methyl/N-ethyl adjacent to an activating group) is 1. The number of rotatable bonds is 5. The van der Waals surface area contributed by atoms with Crippen LogP contribution in [0.25, 0.3) is 0 Å². The van der Waals surface area contributed by atoms with Crippen molar-refractivity contribution in [2.75, 3.05) is 26.7 Å². The van der Waals surface area contributed by atoms with Crippen LogP contribution in [-0.4, -0.2) is 78.2 Å². The number of hydrogen-bond donors (Lipinski definition) is 1. The fraction of sp³-hybridized carbons (Fsp3) is 0.381. The summed E-state index contributed by atoms with van der Waals surface area (Å²) in [7, 11) is -2.28. The normalized spacial score (nSPS) is 22.7. The number of nitrogens with zero attached hydrogens (tertiary/aromatic N) is 3. The van der Waals surface area contributed by atoms with Gasteiger partial charge in [-0.1, -0.05) is 23.7 Å². The summed E-state index contributed by atoms with van der Waals surface area (Å²) < 4.78 is 41.7. The average Bonchev–Trinajstić information content (AvgIpc) is 3.18. The van der Waals surface area contributed by atoms with Crippen LogP contribution < -0.4 is 0 Å². The van der Waals surface area contributed by atoms with Crippen molar-refractivity contribution in [1.82, 2.24) is 14.8 Å². The van der Waals surface area contributed by atoms with Gasteiger partial charge in [0.15, 0.2) is 9.84 Å². The quantitative estimate of drug-likeness (QED) is 0.598. The van der Waals surface area contributed by atoms with Crippen LogP contribution in [0.2, 0.25) is 5.02 Å². The SMILES string of the molecule is CN1CC(C(=O)N2CC(S(=O)(=O)c3ccccc3Cl)CC2C(=O)O)(c2ncc(Br)cc2F)C1. The molecule has 0 aliphatic carbocycles. The Morgan fingerprint density at radius 1 is 1.30 bits per heavy atom. The second kappa shape index (κ2) is 8.61. The number of hydrogen-bond acceptors (Lipinski definition) is 6. The molecule has 8 nitrogen and oxygen atoms in total. The molecular weight excluding hydrogens is 541 g/mol. The maximum Gasteiger partial charge on any atom is 0.326 e. The van der Waals surface area contributed by atoms with E-state index in [1.807, 2.05) is 0 Å². The van der Waals surface area contributed by atoms with E-state index in [0.29, 0.717) is 4.47 Å². The Bertz CT molecular complexity index is 1240.